The van der Waals surface area contributed by atoms with Gasteiger partial charge < -0.3 is 20.7 Å². The summed E-state index contributed by atoms with van der Waals surface area (Å²) in [4.78, 5) is 27.9. The summed E-state index contributed by atoms with van der Waals surface area (Å²) in [5.74, 6) is -0.663. The number of H-pyrrole nitrogens is 1. The van der Waals surface area contributed by atoms with Crippen LogP contribution in [0, 0.1) is 5.82 Å². The van der Waals surface area contributed by atoms with Gasteiger partial charge in [0, 0.05) is 41.7 Å². The lowest BCUT2D eigenvalue weighted by molar-refractivity contribution is -0.121. The SMILES string of the molecule is O=C(CCc1c(-c2ccccc2)[nH]c2ccc(F)cc12)NCCCNC(=O)c1cccc(O)c1. The number of aromatic hydroxyl groups is 1. The summed E-state index contributed by atoms with van der Waals surface area (Å²) in [6.45, 7) is 0.821. The zero-order valence-electron chi connectivity index (χ0n) is 18.6. The number of nitrogens with one attached hydrogen (secondary N) is 3. The molecule has 0 saturated carbocycles. The fourth-order valence-corrected chi connectivity index (χ4v) is 3.93. The number of carbonyl (C=O) groups excluding carboxylic acids is 2. The zero-order valence-corrected chi connectivity index (χ0v) is 18.6. The standard InChI is InChI=1S/C27H26FN3O3/c28-20-10-12-24-23(17-20)22(26(31-24)18-6-2-1-3-7-18)11-13-25(33)29-14-5-15-30-27(34)19-8-4-9-21(32)16-19/h1-4,6-10,12,16-17,31-32H,5,11,13-15H2,(H,29,33)(H,30,34). The Morgan fingerprint density at radius 2 is 1.71 bits per heavy atom. The maximum absolute atomic E-state index is 13.9. The fourth-order valence-electron chi connectivity index (χ4n) is 3.93. The molecule has 0 atom stereocenters. The maximum Gasteiger partial charge on any atom is 0.251 e. The van der Waals surface area contributed by atoms with Crippen molar-refractivity contribution in [2.75, 3.05) is 13.1 Å². The number of hydrogen-bond donors (Lipinski definition) is 4. The lowest BCUT2D eigenvalue weighted by atomic mass is 10.0. The van der Waals surface area contributed by atoms with Crippen LogP contribution < -0.4 is 10.6 Å². The minimum atomic E-state index is -0.315. The first kappa shape index (κ1) is 23.0. The average molecular weight is 460 g/mol. The van der Waals surface area contributed by atoms with Crippen LogP contribution in [0.3, 0.4) is 0 Å². The number of carbonyl (C=O) groups is 2. The second-order valence-corrected chi connectivity index (χ2v) is 8.04. The number of phenolic OH excluding ortho intramolecular Hbond substituents is 1. The molecule has 1 aromatic heterocycles. The number of amides is 2. The Balaban J connectivity index is 1.30. The lowest BCUT2D eigenvalue weighted by Gasteiger charge is -2.08. The molecule has 0 aliphatic rings. The molecule has 4 aromatic rings. The van der Waals surface area contributed by atoms with E-state index >= 15 is 0 Å². The quantitative estimate of drug-likeness (QED) is 0.277. The highest BCUT2D eigenvalue weighted by atomic mass is 19.1. The van der Waals surface area contributed by atoms with Crippen LogP contribution >= 0.6 is 0 Å². The predicted octanol–water partition coefficient (Wildman–Crippen LogP) is 4.55. The van der Waals surface area contributed by atoms with Crippen LogP contribution in [0.25, 0.3) is 22.2 Å². The van der Waals surface area contributed by atoms with E-state index in [0.717, 1.165) is 27.7 Å². The van der Waals surface area contributed by atoms with Crippen molar-refractivity contribution in [1.29, 1.82) is 0 Å². The van der Waals surface area contributed by atoms with Crippen molar-refractivity contribution >= 4 is 22.7 Å². The molecule has 0 spiro atoms. The third kappa shape index (κ3) is 5.61. The Bertz CT molecular complexity index is 1300. The normalized spacial score (nSPS) is 10.9. The number of fused-ring (bicyclic) bond motifs is 1. The van der Waals surface area contributed by atoms with Crippen LogP contribution in [0.2, 0.25) is 0 Å². The number of hydrogen-bond acceptors (Lipinski definition) is 3. The molecule has 7 heteroatoms. The summed E-state index contributed by atoms with van der Waals surface area (Å²) in [5.41, 5.74) is 4.00. The molecule has 0 saturated heterocycles. The van der Waals surface area contributed by atoms with Crippen molar-refractivity contribution in [3.8, 4) is 17.0 Å². The number of rotatable bonds is 9. The summed E-state index contributed by atoms with van der Waals surface area (Å²) < 4.78 is 13.9. The molecule has 0 unspecified atom stereocenters. The van der Waals surface area contributed by atoms with Gasteiger partial charge in [-0.15, -0.1) is 0 Å². The van der Waals surface area contributed by atoms with E-state index in [9.17, 15) is 19.1 Å². The molecule has 6 nitrogen and oxygen atoms in total. The highest BCUT2D eigenvalue weighted by Gasteiger charge is 2.15. The fraction of sp³-hybridized carbons (Fsp3) is 0.185. The van der Waals surface area contributed by atoms with Crippen molar-refractivity contribution in [3.63, 3.8) is 0 Å². The van der Waals surface area contributed by atoms with Gasteiger partial charge in [0.15, 0.2) is 0 Å². The van der Waals surface area contributed by atoms with E-state index in [-0.39, 0.29) is 29.8 Å². The van der Waals surface area contributed by atoms with Gasteiger partial charge in [-0.25, -0.2) is 4.39 Å². The van der Waals surface area contributed by atoms with Crippen LogP contribution in [-0.4, -0.2) is 35.0 Å². The second kappa shape index (κ2) is 10.7. The highest BCUT2D eigenvalue weighted by molar-refractivity contribution is 5.94. The summed E-state index contributed by atoms with van der Waals surface area (Å²) >= 11 is 0. The first-order chi connectivity index (χ1) is 16.5. The van der Waals surface area contributed by atoms with Crippen LogP contribution in [0.5, 0.6) is 5.75 Å². The van der Waals surface area contributed by atoms with Gasteiger partial charge in [0.05, 0.1) is 0 Å². The van der Waals surface area contributed by atoms with Crippen LogP contribution in [-0.2, 0) is 11.2 Å². The van der Waals surface area contributed by atoms with Crippen LogP contribution in [0.15, 0.2) is 72.8 Å². The minimum absolute atomic E-state index is 0.0354. The van der Waals surface area contributed by atoms with E-state index < -0.39 is 0 Å². The molecule has 3 aromatic carbocycles. The lowest BCUT2D eigenvalue weighted by Crippen LogP contribution is -2.30. The van der Waals surface area contributed by atoms with Crippen molar-refractivity contribution in [1.82, 2.24) is 15.6 Å². The van der Waals surface area contributed by atoms with E-state index in [2.05, 4.69) is 15.6 Å². The molecule has 0 radical (unpaired) electrons. The first-order valence-electron chi connectivity index (χ1n) is 11.2. The van der Waals surface area contributed by atoms with Crippen molar-refractivity contribution in [2.45, 2.75) is 19.3 Å². The molecule has 1 heterocycles. The van der Waals surface area contributed by atoms with Gasteiger partial charge in [0.2, 0.25) is 5.91 Å². The van der Waals surface area contributed by atoms with Gasteiger partial charge in [-0.2, -0.15) is 0 Å². The average Bonchev–Trinajstić information content (AvgIpc) is 3.20. The Hall–Kier alpha value is -4.13. The van der Waals surface area contributed by atoms with Gasteiger partial charge in [0.1, 0.15) is 11.6 Å². The number of phenols is 1. The third-order valence-corrected chi connectivity index (χ3v) is 5.60. The molecule has 4 N–H and O–H groups in total. The van der Waals surface area contributed by atoms with Gasteiger partial charge >= 0.3 is 0 Å². The molecular formula is C27H26FN3O3. The van der Waals surface area contributed by atoms with Gasteiger partial charge in [-0.1, -0.05) is 36.4 Å². The van der Waals surface area contributed by atoms with Crippen LogP contribution in [0.1, 0.15) is 28.8 Å². The largest absolute Gasteiger partial charge is 0.508 e. The van der Waals surface area contributed by atoms with Crippen LogP contribution in [0.4, 0.5) is 4.39 Å². The maximum atomic E-state index is 13.9. The van der Waals surface area contributed by atoms with Gasteiger partial charge in [-0.05, 0) is 60.4 Å². The van der Waals surface area contributed by atoms with E-state index in [1.54, 1.807) is 18.2 Å². The molecule has 0 aliphatic heterocycles. The molecule has 0 bridgehead atoms. The molecule has 4 rings (SSSR count). The molecule has 34 heavy (non-hydrogen) atoms. The Kier molecular flexibility index (Phi) is 7.22. The number of halogens is 1. The van der Waals surface area contributed by atoms with Crippen molar-refractivity contribution in [3.05, 3.63) is 89.7 Å². The van der Waals surface area contributed by atoms with E-state index in [1.807, 2.05) is 30.3 Å². The summed E-state index contributed by atoms with van der Waals surface area (Å²) in [6, 6.07) is 20.5. The monoisotopic (exact) mass is 459 g/mol. The topological polar surface area (TPSA) is 94.2 Å². The Morgan fingerprint density at radius 3 is 2.50 bits per heavy atom. The Morgan fingerprint density at radius 1 is 0.912 bits per heavy atom. The predicted molar refractivity (Wildman–Crippen MR) is 130 cm³/mol. The molecule has 0 aliphatic carbocycles. The van der Waals surface area contributed by atoms with E-state index in [1.165, 1.54) is 24.3 Å². The second-order valence-electron chi connectivity index (χ2n) is 8.04. The molecular weight excluding hydrogens is 433 g/mol. The van der Waals surface area contributed by atoms with Crippen molar-refractivity contribution in [2.24, 2.45) is 0 Å². The third-order valence-electron chi connectivity index (χ3n) is 5.60. The highest BCUT2D eigenvalue weighted by Crippen LogP contribution is 2.31. The minimum Gasteiger partial charge on any atom is -0.508 e. The summed E-state index contributed by atoms with van der Waals surface area (Å²) in [5, 5.41) is 15.9. The molecule has 0 fully saturated rings. The smallest absolute Gasteiger partial charge is 0.251 e. The van der Waals surface area contributed by atoms with Gasteiger partial charge in [0.25, 0.3) is 5.91 Å². The number of aromatic nitrogens is 1. The summed E-state index contributed by atoms with van der Waals surface area (Å²) in [6.07, 6.45) is 1.30. The number of aromatic amines is 1. The van der Waals surface area contributed by atoms with Gasteiger partial charge in [-0.3, -0.25) is 9.59 Å². The summed E-state index contributed by atoms with van der Waals surface area (Å²) in [7, 11) is 0. The van der Waals surface area contributed by atoms with Crippen molar-refractivity contribution < 1.29 is 19.1 Å². The van der Waals surface area contributed by atoms with E-state index in [0.29, 0.717) is 31.5 Å². The first-order valence-corrected chi connectivity index (χ1v) is 11.2. The molecule has 2 amide bonds. The number of aryl methyl sites for hydroxylation is 1. The number of benzene rings is 3. The molecule has 174 valence electrons. The van der Waals surface area contributed by atoms with E-state index in [4.69, 9.17) is 0 Å². The zero-order chi connectivity index (χ0) is 23.9. The Labute approximate surface area is 196 Å².